The molecule has 2 bridgehead atoms. The summed E-state index contributed by atoms with van der Waals surface area (Å²) >= 11 is 0. The van der Waals surface area contributed by atoms with Gasteiger partial charge in [0.05, 0.1) is 22.4 Å². The van der Waals surface area contributed by atoms with Gasteiger partial charge in [-0.3, -0.25) is 0 Å². The number of fused-ring (bicyclic) bond motifs is 2. The fourth-order valence-corrected chi connectivity index (χ4v) is 4.42. The first-order valence-corrected chi connectivity index (χ1v) is 8.71. The van der Waals surface area contributed by atoms with Crippen molar-refractivity contribution in [3.8, 4) is 11.3 Å². The molecule has 3 aromatic rings. The van der Waals surface area contributed by atoms with Gasteiger partial charge in [-0.15, -0.1) is 15.3 Å². The Bertz CT molecular complexity index is 988. The van der Waals surface area contributed by atoms with E-state index in [0.29, 0.717) is 17.7 Å². The van der Waals surface area contributed by atoms with E-state index in [9.17, 15) is 8.78 Å². The van der Waals surface area contributed by atoms with Crippen molar-refractivity contribution in [3.63, 3.8) is 0 Å². The molecule has 3 aliphatic carbocycles. The SMILES string of the molecule is Cc1nnc([C@]23CC[C@H](CC2)c2cc(-c4c(F)cccc4F)nnc23)o1. The molecule has 0 unspecified atom stereocenters. The van der Waals surface area contributed by atoms with Crippen molar-refractivity contribution in [3.05, 3.63) is 58.9 Å². The second-order valence-electron chi connectivity index (χ2n) is 7.11. The van der Waals surface area contributed by atoms with Gasteiger partial charge in [0.1, 0.15) is 11.6 Å². The first-order valence-electron chi connectivity index (χ1n) is 8.71. The van der Waals surface area contributed by atoms with E-state index in [-0.39, 0.29) is 11.3 Å². The molecular weight excluding hydrogens is 338 g/mol. The molecule has 2 aromatic heterocycles. The third-order valence-electron chi connectivity index (χ3n) is 5.71. The lowest BCUT2D eigenvalue weighted by Crippen LogP contribution is -2.40. The summed E-state index contributed by atoms with van der Waals surface area (Å²) in [5.41, 5.74) is 1.45. The summed E-state index contributed by atoms with van der Waals surface area (Å²) in [6, 6.07) is 5.59. The van der Waals surface area contributed by atoms with E-state index < -0.39 is 17.0 Å². The summed E-state index contributed by atoms with van der Waals surface area (Å²) in [6.45, 7) is 1.76. The van der Waals surface area contributed by atoms with Gasteiger partial charge in [-0.05, 0) is 55.4 Å². The van der Waals surface area contributed by atoms with Crippen LogP contribution in [0.2, 0.25) is 0 Å². The van der Waals surface area contributed by atoms with E-state index in [1.54, 1.807) is 13.0 Å². The Hall–Kier alpha value is -2.70. The van der Waals surface area contributed by atoms with Crippen molar-refractivity contribution in [1.82, 2.24) is 20.4 Å². The molecule has 0 N–H and O–H groups in total. The van der Waals surface area contributed by atoms with Crippen LogP contribution >= 0.6 is 0 Å². The van der Waals surface area contributed by atoms with Crippen molar-refractivity contribution in [2.24, 2.45) is 0 Å². The number of benzene rings is 1. The first-order chi connectivity index (χ1) is 12.6. The number of hydrogen-bond donors (Lipinski definition) is 0. The average molecular weight is 354 g/mol. The summed E-state index contributed by atoms with van der Waals surface area (Å²) < 4.78 is 34.1. The Morgan fingerprint density at radius 2 is 1.77 bits per heavy atom. The second-order valence-corrected chi connectivity index (χ2v) is 7.11. The van der Waals surface area contributed by atoms with Gasteiger partial charge < -0.3 is 4.42 Å². The van der Waals surface area contributed by atoms with E-state index >= 15 is 0 Å². The van der Waals surface area contributed by atoms with Gasteiger partial charge in [0.2, 0.25) is 11.8 Å². The molecule has 0 spiro atoms. The molecule has 1 aromatic carbocycles. The van der Waals surface area contributed by atoms with Crippen LogP contribution in [0.1, 0.15) is 54.6 Å². The topological polar surface area (TPSA) is 64.7 Å². The zero-order valence-corrected chi connectivity index (χ0v) is 14.2. The number of halogens is 2. The molecule has 1 saturated carbocycles. The minimum atomic E-state index is -0.637. The van der Waals surface area contributed by atoms with Crippen LogP contribution in [-0.4, -0.2) is 20.4 Å². The number of aryl methyl sites for hydroxylation is 1. The predicted molar refractivity (Wildman–Crippen MR) is 88.4 cm³/mol. The van der Waals surface area contributed by atoms with E-state index in [4.69, 9.17) is 4.42 Å². The van der Waals surface area contributed by atoms with Gasteiger partial charge in [-0.2, -0.15) is 5.10 Å². The summed E-state index contributed by atoms with van der Waals surface area (Å²) in [4.78, 5) is 0. The smallest absolute Gasteiger partial charge is 0.228 e. The molecule has 2 heterocycles. The van der Waals surface area contributed by atoms with Crippen LogP contribution in [0.25, 0.3) is 11.3 Å². The maximum absolute atomic E-state index is 14.2. The predicted octanol–water partition coefficient (Wildman–Crippen LogP) is 4.07. The summed E-state index contributed by atoms with van der Waals surface area (Å²) in [7, 11) is 0. The Balaban J connectivity index is 1.69. The highest BCUT2D eigenvalue weighted by Crippen LogP contribution is 2.55. The van der Waals surface area contributed by atoms with Gasteiger partial charge in [0, 0.05) is 6.92 Å². The van der Waals surface area contributed by atoms with Crippen LogP contribution in [0.4, 0.5) is 8.78 Å². The molecule has 5 nitrogen and oxygen atoms in total. The fourth-order valence-electron chi connectivity index (χ4n) is 4.42. The first kappa shape index (κ1) is 15.5. The Morgan fingerprint density at radius 3 is 2.42 bits per heavy atom. The van der Waals surface area contributed by atoms with Crippen LogP contribution in [0.3, 0.4) is 0 Å². The van der Waals surface area contributed by atoms with Crippen molar-refractivity contribution in [2.75, 3.05) is 0 Å². The van der Waals surface area contributed by atoms with Crippen LogP contribution in [0, 0.1) is 18.6 Å². The lowest BCUT2D eigenvalue weighted by molar-refractivity contribution is 0.222. The molecule has 0 atom stereocenters. The van der Waals surface area contributed by atoms with Crippen molar-refractivity contribution < 1.29 is 13.2 Å². The molecule has 3 aliphatic rings. The monoisotopic (exact) mass is 354 g/mol. The largest absolute Gasteiger partial charge is 0.425 e. The van der Waals surface area contributed by atoms with E-state index in [2.05, 4.69) is 20.4 Å². The molecule has 6 rings (SSSR count). The van der Waals surface area contributed by atoms with E-state index in [0.717, 1.165) is 36.9 Å². The van der Waals surface area contributed by atoms with Gasteiger partial charge in [-0.1, -0.05) is 6.07 Å². The number of hydrogen-bond acceptors (Lipinski definition) is 5. The quantitative estimate of drug-likeness (QED) is 0.694. The summed E-state index contributed by atoms with van der Waals surface area (Å²) in [5.74, 6) is 0.125. The summed E-state index contributed by atoms with van der Waals surface area (Å²) in [5, 5.41) is 16.8. The molecular formula is C19H16F2N4O. The van der Waals surface area contributed by atoms with Crippen LogP contribution in [0.15, 0.2) is 28.7 Å². The van der Waals surface area contributed by atoms with Crippen LogP contribution in [0.5, 0.6) is 0 Å². The van der Waals surface area contributed by atoms with Crippen molar-refractivity contribution >= 4 is 0 Å². The molecule has 7 heteroatoms. The highest BCUT2D eigenvalue weighted by atomic mass is 19.1. The molecule has 0 amide bonds. The van der Waals surface area contributed by atoms with E-state index in [1.165, 1.54) is 18.2 Å². The van der Waals surface area contributed by atoms with Crippen LogP contribution in [-0.2, 0) is 5.41 Å². The third-order valence-corrected chi connectivity index (χ3v) is 5.71. The molecule has 0 radical (unpaired) electrons. The molecule has 0 saturated heterocycles. The Morgan fingerprint density at radius 1 is 1.04 bits per heavy atom. The zero-order valence-electron chi connectivity index (χ0n) is 14.2. The molecule has 0 aliphatic heterocycles. The lowest BCUT2D eigenvalue weighted by Gasteiger charge is -2.44. The van der Waals surface area contributed by atoms with Gasteiger partial charge in [0.25, 0.3) is 0 Å². The standard InChI is InChI=1S/C19H16F2N4O/c1-10-22-25-18(26-10)19-7-5-11(6-8-19)12-9-15(23-24-17(12)19)16-13(20)3-2-4-14(16)21/h2-4,9,11H,5-8H2,1H3/t11-,19-. The maximum Gasteiger partial charge on any atom is 0.228 e. The number of aromatic nitrogens is 4. The minimum absolute atomic E-state index is 0.132. The third kappa shape index (κ3) is 2.06. The van der Waals surface area contributed by atoms with Crippen molar-refractivity contribution in [2.45, 2.75) is 43.9 Å². The normalized spacial score (nSPS) is 23.9. The molecule has 26 heavy (non-hydrogen) atoms. The van der Waals surface area contributed by atoms with Crippen LogP contribution < -0.4 is 0 Å². The fraction of sp³-hybridized carbons (Fsp3) is 0.368. The van der Waals surface area contributed by atoms with Crippen molar-refractivity contribution in [1.29, 1.82) is 0 Å². The number of nitrogens with zero attached hydrogens (tertiary/aromatic N) is 4. The minimum Gasteiger partial charge on any atom is -0.425 e. The summed E-state index contributed by atoms with van der Waals surface area (Å²) in [6.07, 6.45) is 3.65. The number of rotatable bonds is 2. The Labute approximate surface area is 148 Å². The highest BCUT2D eigenvalue weighted by Gasteiger charge is 2.51. The molecule has 132 valence electrons. The average Bonchev–Trinajstić information content (AvgIpc) is 3.09. The van der Waals surface area contributed by atoms with E-state index in [1.807, 2.05) is 0 Å². The van der Waals surface area contributed by atoms with Gasteiger partial charge >= 0.3 is 0 Å². The second kappa shape index (κ2) is 5.40. The Kier molecular flexibility index (Phi) is 3.23. The lowest BCUT2D eigenvalue weighted by atomic mass is 9.59. The molecule has 1 fully saturated rings. The van der Waals surface area contributed by atoms with Gasteiger partial charge in [0.15, 0.2) is 0 Å². The highest BCUT2D eigenvalue weighted by molar-refractivity contribution is 5.62. The maximum atomic E-state index is 14.2. The zero-order chi connectivity index (χ0) is 17.9. The van der Waals surface area contributed by atoms with Gasteiger partial charge in [-0.25, -0.2) is 8.78 Å².